The number of carbonyl (C=O) groups is 2. The van der Waals surface area contributed by atoms with E-state index in [0.29, 0.717) is 17.9 Å². The monoisotopic (exact) mass is 260 g/mol. The number of Topliss-reactive ketones (excluding diaryl/α,β-unsaturated/α-hetero) is 1. The number of hydrogen-bond donors (Lipinski definition) is 1. The molecule has 5 nitrogen and oxygen atoms in total. The molecule has 0 aliphatic heterocycles. The van der Waals surface area contributed by atoms with E-state index in [9.17, 15) is 9.59 Å². The minimum atomic E-state index is -0.361. The van der Waals surface area contributed by atoms with Gasteiger partial charge in [-0.15, -0.1) is 0 Å². The van der Waals surface area contributed by atoms with Crippen LogP contribution >= 0.6 is 0 Å². The number of rotatable bonds is 5. The fourth-order valence-corrected chi connectivity index (χ4v) is 2.10. The largest absolute Gasteiger partial charge is 0.497 e. The number of fused-ring (bicyclic) bond motifs is 1. The van der Waals surface area contributed by atoms with Crippen molar-refractivity contribution in [3.8, 4) is 5.75 Å². The summed E-state index contributed by atoms with van der Waals surface area (Å²) >= 11 is 0. The van der Waals surface area contributed by atoms with Crippen LogP contribution in [0.1, 0.15) is 23.7 Å². The first-order valence-electron chi connectivity index (χ1n) is 5.99. The molecule has 5 heteroatoms. The van der Waals surface area contributed by atoms with Crippen LogP contribution in [0.15, 0.2) is 24.4 Å². The molecule has 2 N–H and O–H groups in total. The van der Waals surface area contributed by atoms with E-state index in [2.05, 4.69) is 0 Å². The summed E-state index contributed by atoms with van der Waals surface area (Å²) in [6, 6.07) is 5.53. The van der Waals surface area contributed by atoms with Gasteiger partial charge in [0.2, 0.25) is 5.91 Å². The van der Waals surface area contributed by atoms with Gasteiger partial charge in [0.05, 0.1) is 7.11 Å². The number of amides is 1. The van der Waals surface area contributed by atoms with Gasteiger partial charge in [0.1, 0.15) is 5.75 Å². The Balaban J connectivity index is 2.53. The summed E-state index contributed by atoms with van der Waals surface area (Å²) in [6.45, 7) is 1.98. The summed E-state index contributed by atoms with van der Waals surface area (Å²) in [5.74, 6) is 0.318. The number of nitrogens with two attached hydrogens (primary N) is 1. The summed E-state index contributed by atoms with van der Waals surface area (Å²) in [7, 11) is 1.58. The van der Waals surface area contributed by atoms with E-state index in [1.165, 1.54) is 6.92 Å². The van der Waals surface area contributed by atoms with Crippen molar-refractivity contribution in [3.63, 3.8) is 0 Å². The molecular weight excluding hydrogens is 244 g/mol. The number of benzene rings is 1. The average Bonchev–Trinajstić information content (AvgIpc) is 2.74. The van der Waals surface area contributed by atoms with Gasteiger partial charge in [0.15, 0.2) is 5.78 Å². The van der Waals surface area contributed by atoms with E-state index >= 15 is 0 Å². The first-order valence-corrected chi connectivity index (χ1v) is 5.99. The molecule has 2 aromatic rings. The lowest BCUT2D eigenvalue weighted by molar-refractivity contribution is -0.118. The third kappa shape index (κ3) is 2.59. The van der Waals surface area contributed by atoms with Crippen LogP contribution < -0.4 is 10.5 Å². The van der Waals surface area contributed by atoms with Crippen molar-refractivity contribution in [1.29, 1.82) is 0 Å². The molecule has 2 rings (SSSR count). The molecule has 0 aliphatic carbocycles. The molecule has 0 spiro atoms. The zero-order valence-corrected chi connectivity index (χ0v) is 11.0. The van der Waals surface area contributed by atoms with Crippen LogP contribution in [-0.4, -0.2) is 23.4 Å². The minimum absolute atomic E-state index is 0.0175. The van der Waals surface area contributed by atoms with E-state index in [4.69, 9.17) is 10.5 Å². The van der Waals surface area contributed by atoms with Gasteiger partial charge in [-0.05, 0) is 25.1 Å². The van der Waals surface area contributed by atoms with E-state index in [0.717, 1.165) is 10.9 Å². The van der Waals surface area contributed by atoms with Gasteiger partial charge in [-0.1, -0.05) is 0 Å². The molecule has 0 atom stereocenters. The second-order valence-corrected chi connectivity index (χ2v) is 4.39. The van der Waals surface area contributed by atoms with E-state index in [1.807, 2.05) is 22.8 Å². The fraction of sp³-hybridized carbons (Fsp3) is 0.286. The van der Waals surface area contributed by atoms with Crippen molar-refractivity contribution in [2.45, 2.75) is 19.9 Å². The topological polar surface area (TPSA) is 74.3 Å². The Morgan fingerprint density at radius 2 is 2.11 bits per heavy atom. The van der Waals surface area contributed by atoms with Crippen LogP contribution in [0.25, 0.3) is 10.9 Å². The van der Waals surface area contributed by atoms with Gasteiger partial charge in [-0.3, -0.25) is 9.59 Å². The Morgan fingerprint density at radius 1 is 1.37 bits per heavy atom. The predicted octanol–water partition coefficient (Wildman–Crippen LogP) is 1.73. The predicted molar refractivity (Wildman–Crippen MR) is 72.3 cm³/mol. The SMILES string of the molecule is COc1ccc2c(c1)c(C(C)=O)cn2CCC(N)=O. The van der Waals surface area contributed by atoms with Crippen LogP contribution in [0.4, 0.5) is 0 Å². The zero-order chi connectivity index (χ0) is 14.0. The maximum atomic E-state index is 11.7. The first-order chi connectivity index (χ1) is 9.02. The molecule has 0 bridgehead atoms. The van der Waals surface area contributed by atoms with Crippen LogP contribution in [0.5, 0.6) is 5.75 Å². The van der Waals surface area contributed by atoms with Crippen molar-refractivity contribution >= 4 is 22.6 Å². The van der Waals surface area contributed by atoms with Crippen LogP contribution in [-0.2, 0) is 11.3 Å². The van der Waals surface area contributed by atoms with Crippen molar-refractivity contribution in [2.24, 2.45) is 5.73 Å². The highest BCUT2D eigenvalue weighted by molar-refractivity contribution is 6.07. The average molecular weight is 260 g/mol. The second kappa shape index (κ2) is 5.14. The standard InChI is InChI=1S/C14H16N2O3/c1-9(17)12-8-16(6-5-14(15)18)13-4-3-10(19-2)7-11(12)13/h3-4,7-8H,5-6H2,1-2H3,(H2,15,18). The maximum Gasteiger partial charge on any atom is 0.219 e. The summed E-state index contributed by atoms with van der Waals surface area (Å²) in [4.78, 5) is 22.5. The van der Waals surface area contributed by atoms with Crippen LogP contribution in [0.2, 0.25) is 0 Å². The molecule has 0 radical (unpaired) electrons. The number of methoxy groups -OCH3 is 1. The lowest BCUT2D eigenvalue weighted by Gasteiger charge is -2.04. The Morgan fingerprint density at radius 3 is 2.68 bits per heavy atom. The number of nitrogens with zero attached hydrogens (tertiary/aromatic N) is 1. The zero-order valence-electron chi connectivity index (χ0n) is 11.0. The van der Waals surface area contributed by atoms with Gasteiger partial charge in [0.25, 0.3) is 0 Å². The fourth-order valence-electron chi connectivity index (χ4n) is 2.10. The molecule has 0 aliphatic rings. The summed E-state index contributed by atoms with van der Waals surface area (Å²) in [5, 5.41) is 0.830. The summed E-state index contributed by atoms with van der Waals surface area (Å²) < 4.78 is 7.04. The van der Waals surface area contributed by atoms with E-state index < -0.39 is 0 Å². The maximum absolute atomic E-state index is 11.7. The molecule has 1 aromatic carbocycles. The van der Waals surface area contributed by atoms with Gasteiger partial charge in [-0.2, -0.15) is 0 Å². The van der Waals surface area contributed by atoms with E-state index in [1.54, 1.807) is 13.3 Å². The quantitative estimate of drug-likeness (QED) is 0.832. The number of aromatic nitrogens is 1. The van der Waals surface area contributed by atoms with Crippen molar-refractivity contribution < 1.29 is 14.3 Å². The molecule has 100 valence electrons. The summed E-state index contributed by atoms with van der Waals surface area (Å²) in [6.07, 6.45) is 2.00. The Hall–Kier alpha value is -2.30. The molecule has 0 unspecified atom stereocenters. The highest BCUT2D eigenvalue weighted by Gasteiger charge is 2.13. The molecule has 1 amide bonds. The molecule has 0 saturated carbocycles. The molecule has 1 aromatic heterocycles. The molecule has 19 heavy (non-hydrogen) atoms. The van der Waals surface area contributed by atoms with Crippen molar-refractivity contribution in [3.05, 3.63) is 30.0 Å². The smallest absolute Gasteiger partial charge is 0.219 e. The number of ketones is 1. The Bertz CT molecular complexity index is 643. The number of ether oxygens (including phenoxy) is 1. The van der Waals surface area contributed by atoms with E-state index in [-0.39, 0.29) is 18.1 Å². The Kier molecular flexibility index (Phi) is 3.55. The van der Waals surface area contributed by atoms with Gasteiger partial charge < -0.3 is 15.0 Å². The third-order valence-electron chi connectivity index (χ3n) is 3.07. The number of hydrogen-bond acceptors (Lipinski definition) is 3. The van der Waals surface area contributed by atoms with Crippen molar-refractivity contribution in [2.75, 3.05) is 7.11 Å². The van der Waals surface area contributed by atoms with Crippen molar-refractivity contribution in [1.82, 2.24) is 4.57 Å². The summed E-state index contributed by atoms with van der Waals surface area (Å²) in [5.41, 5.74) is 6.68. The molecular formula is C14H16N2O3. The van der Waals surface area contributed by atoms with Crippen LogP contribution in [0.3, 0.4) is 0 Å². The molecule has 0 saturated heterocycles. The van der Waals surface area contributed by atoms with Crippen LogP contribution in [0, 0.1) is 0 Å². The normalized spacial score (nSPS) is 10.6. The Labute approximate surface area is 110 Å². The number of primary amides is 1. The minimum Gasteiger partial charge on any atom is -0.497 e. The highest BCUT2D eigenvalue weighted by Crippen LogP contribution is 2.26. The molecule has 0 fully saturated rings. The van der Waals surface area contributed by atoms with Gasteiger partial charge in [-0.25, -0.2) is 0 Å². The second-order valence-electron chi connectivity index (χ2n) is 4.39. The lowest BCUT2D eigenvalue weighted by atomic mass is 10.1. The third-order valence-corrected chi connectivity index (χ3v) is 3.07. The molecule has 1 heterocycles. The lowest BCUT2D eigenvalue weighted by Crippen LogP contribution is -2.13. The number of aryl methyl sites for hydroxylation is 1. The van der Waals surface area contributed by atoms with Gasteiger partial charge in [0, 0.05) is 35.6 Å². The highest BCUT2D eigenvalue weighted by atomic mass is 16.5. The van der Waals surface area contributed by atoms with Gasteiger partial charge >= 0.3 is 0 Å². The first kappa shape index (κ1) is 13.1. The number of carbonyl (C=O) groups excluding carboxylic acids is 2.